The number of carbonyl (C=O) groups is 3. The standard InChI is InChI=1S/C26H30N4O6S/c1-25(2,3)36-24(33)29-10-8-26(9-11-29)28-22(20-5-4-14-37-20)23(32)30(26)16-21(31)27-17-6-7-18-19(15-17)35-13-12-34-18/h4-7,14-15H,8-13,16H2,1-3H3,(H,27,31). The molecule has 1 spiro atoms. The van der Waals surface area contributed by atoms with E-state index in [1.807, 2.05) is 38.3 Å². The summed E-state index contributed by atoms with van der Waals surface area (Å²) in [7, 11) is 0. The lowest BCUT2D eigenvalue weighted by Gasteiger charge is -2.42. The summed E-state index contributed by atoms with van der Waals surface area (Å²) in [4.78, 5) is 48.1. The predicted molar refractivity (Wildman–Crippen MR) is 138 cm³/mol. The summed E-state index contributed by atoms with van der Waals surface area (Å²) in [6.45, 7) is 6.96. The number of nitrogens with zero attached hydrogens (tertiary/aromatic N) is 3. The molecular formula is C26H30N4O6S. The minimum Gasteiger partial charge on any atom is -0.486 e. The second kappa shape index (κ2) is 9.70. The van der Waals surface area contributed by atoms with E-state index in [9.17, 15) is 14.4 Å². The SMILES string of the molecule is CC(C)(C)OC(=O)N1CCC2(CC1)N=C(c1cccs1)C(=O)N2CC(=O)Nc1ccc2c(c1)OCCO2. The van der Waals surface area contributed by atoms with Crippen LogP contribution >= 0.6 is 11.3 Å². The zero-order valence-corrected chi connectivity index (χ0v) is 21.9. The number of ether oxygens (including phenoxy) is 3. The van der Waals surface area contributed by atoms with Crippen molar-refractivity contribution in [2.45, 2.75) is 44.9 Å². The summed E-state index contributed by atoms with van der Waals surface area (Å²) < 4.78 is 16.7. The van der Waals surface area contributed by atoms with E-state index >= 15 is 0 Å². The number of anilines is 1. The molecular weight excluding hydrogens is 496 g/mol. The summed E-state index contributed by atoms with van der Waals surface area (Å²) in [6, 6.07) is 8.91. The number of benzene rings is 1. The number of fused-ring (bicyclic) bond motifs is 1. The number of piperidine rings is 1. The Morgan fingerprint density at radius 2 is 1.86 bits per heavy atom. The molecule has 0 aliphatic carbocycles. The maximum Gasteiger partial charge on any atom is 0.410 e. The zero-order valence-electron chi connectivity index (χ0n) is 21.1. The number of aliphatic imine (C=N–C) groups is 1. The molecule has 196 valence electrons. The zero-order chi connectivity index (χ0) is 26.2. The Hall–Kier alpha value is -3.60. The third kappa shape index (κ3) is 5.27. The van der Waals surface area contributed by atoms with E-state index < -0.39 is 17.4 Å². The third-order valence-corrected chi connectivity index (χ3v) is 7.24. The number of nitrogens with one attached hydrogen (secondary N) is 1. The highest BCUT2D eigenvalue weighted by Crippen LogP contribution is 2.38. The topological polar surface area (TPSA) is 110 Å². The van der Waals surface area contributed by atoms with Gasteiger partial charge in [-0.15, -0.1) is 11.3 Å². The monoisotopic (exact) mass is 526 g/mol. The molecule has 4 heterocycles. The Morgan fingerprint density at radius 1 is 1.14 bits per heavy atom. The number of rotatable bonds is 4. The van der Waals surface area contributed by atoms with Crippen molar-refractivity contribution in [3.05, 3.63) is 40.6 Å². The normalized spacial score (nSPS) is 18.6. The lowest BCUT2D eigenvalue weighted by atomic mass is 9.96. The second-order valence-corrected chi connectivity index (χ2v) is 11.1. The Morgan fingerprint density at radius 3 is 2.54 bits per heavy atom. The average molecular weight is 527 g/mol. The van der Waals surface area contributed by atoms with Crippen LogP contribution in [0.4, 0.5) is 10.5 Å². The van der Waals surface area contributed by atoms with Crippen LogP contribution in [0, 0.1) is 0 Å². The summed E-state index contributed by atoms with van der Waals surface area (Å²) >= 11 is 1.43. The van der Waals surface area contributed by atoms with Crippen LogP contribution in [0.5, 0.6) is 11.5 Å². The quantitative estimate of drug-likeness (QED) is 0.653. The number of hydrogen-bond acceptors (Lipinski definition) is 8. The van der Waals surface area contributed by atoms with Gasteiger partial charge < -0.3 is 29.3 Å². The molecule has 1 aromatic heterocycles. The molecule has 10 nitrogen and oxygen atoms in total. The van der Waals surface area contributed by atoms with Crippen molar-refractivity contribution < 1.29 is 28.6 Å². The van der Waals surface area contributed by atoms with Gasteiger partial charge in [0.25, 0.3) is 5.91 Å². The van der Waals surface area contributed by atoms with E-state index in [2.05, 4.69) is 5.32 Å². The first kappa shape index (κ1) is 25.1. The lowest BCUT2D eigenvalue weighted by Crippen LogP contribution is -2.56. The molecule has 0 bridgehead atoms. The van der Waals surface area contributed by atoms with Gasteiger partial charge in [-0.3, -0.25) is 9.59 Å². The highest BCUT2D eigenvalue weighted by Gasteiger charge is 2.50. The first-order chi connectivity index (χ1) is 17.6. The van der Waals surface area contributed by atoms with Crippen molar-refractivity contribution >= 4 is 40.6 Å². The molecule has 11 heteroatoms. The largest absolute Gasteiger partial charge is 0.486 e. The van der Waals surface area contributed by atoms with Crippen LogP contribution in [0.2, 0.25) is 0 Å². The van der Waals surface area contributed by atoms with Crippen molar-refractivity contribution in [1.29, 1.82) is 0 Å². The van der Waals surface area contributed by atoms with Crippen LogP contribution in [0.1, 0.15) is 38.5 Å². The first-order valence-electron chi connectivity index (χ1n) is 12.3. The number of likely N-dealkylation sites (tertiary alicyclic amines) is 1. The lowest BCUT2D eigenvalue weighted by molar-refractivity contribution is -0.134. The number of thiophene rings is 1. The van der Waals surface area contributed by atoms with Crippen LogP contribution in [0.15, 0.2) is 40.7 Å². The number of amides is 3. The van der Waals surface area contributed by atoms with E-state index in [0.717, 1.165) is 4.88 Å². The number of hydrogen-bond donors (Lipinski definition) is 1. The van der Waals surface area contributed by atoms with Crippen LogP contribution < -0.4 is 14.8 Å². The van der Waals surface area contributed by atoms with Crippen molar-refractivity contribution in [2.24, 2.45) is 4.99 Å². The van der Waals surface area contributed by atoms with Crippen LogP contribution in [0.3, 0.4) is 0 Å². The van der Waals surface area contributed by atoms with Gasteiger partial charge in [-0.2, -0.15) is 0 Å². The fraction of sp³-hybridized carbons (Fsp3) is 0.462. The minimum absolute atomic E-state index is 0.169. The summed E-state index contributed by atoms with van der Waals surface area (Å²) in [5.41, 5.74) is -0.598. The van der Waals surface area contributed by atoms with Crippen molar-refractivity contribution in [3.63, 3.8) is 0 Å². The summed E-state index contributed by atoms with van der Waals surface area (Å²) in [5.74, 6) is 0.561. The molecule has 3 aliphatic rings. The summed E-state index contributed by atoms with van der Waals surface area (Å²) in [6.07, 6.45) is 0.422. The van der Waals surface area contributed by atoms with Crippen LogP contribution in [0.25, 0.3) is 0 Å². The van der Waals surface area contributed by atoms with Gasteiger partial charge in [-0.05, 0) is 44.4 Å². The van der Waals surface area contributed by atoms with E-state index in [0.29, 0.717) is 62.0 Å². The molecule has 1 fully saturated rings. The molecule has 0 atom stereocenters. The van der Waals surface area contributed by atoms with E-state index in [-0.39, 0.29) is 18.4 Å². The van der Waals surface area contributed by atoms with Gasteiger partial charge >= 0.3 is 6.09 Å². The molecule has 3 amide bonds. The maximum absolute atomic E-state index is 13.5. The van der Waals surface area contributed by atoms with Gasteiger partial charge in [-0.1, -0.05) is 6.07 Å². The molecule has 0 saturated carbocycles. The molecule has 1 saturated heterocycles. The van der Waals surface area contributed by atoms with E-state index in [4.69, 9.17) is 19.2 Å². The molecule has 0 radical (unpaired) electrons. The molecule has 3 aliphatic heterocycles. The second-order valence-electron chi connectivity index (χ2n) is 10.2. The Kier molecular flexibility index (Phi) is 6.57. The van der Waals surface area contributed by atoms with Crippen LogP contribution in [-0.2, 0) is 14.3 Å². The molecule has 5 rings (SSSR count). The van der Waals surface area contributed by atoms with Gasteiger partial charge in [-0.25, -0.2) is 9.79 Å². The third-order valence-electron chi connectivity index (χ3n) is 6.37. The number of carbonyl (C=O) groups excluding carboxylic acids is 3. The minimum atomic E-state index is -0.904. The Bertz CT molecular complexity index is 1230. The molecule has 37 heavy (non-hydrogen) atoms. The van der Waals surface area contributed by atoms with Gasteiger partial charge in [0.05, 0.1) is 4.88 Å². The van der Waals surface area contributed by atoms with Crippen molar-refractivity contribution in [1.82, 2.24) is 9.80 Å². The Balaban J connectivity index is 1.33. The molecule has 1 aromatic carbocycles. The first-order valence-corrected chi connectivity index (χ1v) is 13.1. The molecule has 0 unspecified atom stereocenters. The van der Waals surface area contributed by atoms with E-state index in [1.165, 1.54) is 11.3 Å². The van der Waals surface area contributed by atoms with Gasteiger partial charge in [0.15, 0.2) is 11.5 Å². The highest BCUT2D eigenvalue weighted by molar-refractivity contribution is 7.13. The average Bonchev–Trinajstić information content (AvgIpc) is 3.47. The molecule has 1 N–H and O–H groups in total. The van der Waals surface area contributed by atoms with E-state index in [1.54, 1.807) is 28.0 Å². The van der Waals surface area contributed by atoms with Crippen molar-refractivity contribution in [3.8, 4) is 11.5 Å². The highest BCUT2D eigenvalue weighted by atomic mass is 32.1. The van der Waals surface area contributed by atoms with Crippen molar-refractivity contribution in [2.75, 3.05) is 38.2 Å². The van der Waals surface area contributed by atoms with Gasteiger partial charge in [0, 0.05) is 37.7 Å². The molecule has 2 aromatic rings. The smallest absolute Gasteiger partial charge is 0.410 e. The summed E-state index contributed by atoms with van der Waals surface area (Å²) in [5, 5.41) is 4.75. The fourth-order valence-corrected chi connectivity index (χ4v) is 5.35. The van der Waals surface area contributed by atoms with Gasteiger partial charge in [0.2, 0.25) is 5.91 Å². The predicted octanol–water partition coefficient (Wildman–Crippen LogP) is 3.52. The Labute approximate surface area is 219 Å². The van der Waals surface area contributed by atoms with Gasteiger partial charge in [0.1, 0.15) is 36.7 Å². The maximum atomic E-state index is 13.5. The van der Waals surface area contributed by atoms with Crippen LogP contribution in [-0.4, -0.2) is 77.5 Å². The fourth-order valence-electron chi connectivity index (χ4n) is 4.65.